The second-order valence-electron chi connectivity index (χ2n) is 5.30. The van der Waals surface area contributed by atoms with E-state index in [2.05, 4.69) is 15.3 Å². The van der Waals surface area contributed by atoms with Crippen LogP contribution in [0.15, 0.2) is 12.4 Å². The molecule has 0 saturated carbocycles. The second kappa shape index (κ2) is 6.15. The molecule has 1 fully saturated rings. The fourth-order valence-corrected chi connectivity index (χ4v) is 2.47. The molecule has 1 aliphatic heterocycles. The summed E-state index contributed by atoms with van der Waals surface area (Å²) >= 11 is 0. The number of likely N-dealkylation sites (N-methyl/N-ethyl adjacent to an activating group) is 1. The van der Waals surface area contributed by atoms with Crippen molar-refractivity contribution in [2.45, 2.75) is 18.6 Å². The molecule has 2 heterocycles. The zero-order valence-corrected chi connectivity index (χ0v) is 12.1. The van der Waals surface area contributed by atoms with Gasteiger partial charge >= 0.3 is 0 Å². The molecule has 7 nitrogen and oxygen atoms in total. The summed E-state index contributed by atoms with van der Waals surface area (Å²) in [6.07, 6.45) is 3.15. The topological polar surface area (TPSA) is 81.6 Å². The van der Waals surface area contributed by atoms with Crippen LogP contribution in [0.2, 0.25) is 0 Å². The van der Waals surface area contributed by atoms with Crippen LogP contribution in [0, 0.1) is 0 Å². The molecule has 0 bridgehead atoms. The Morgan fingerprint density at radius 1 is 1.55 bits per heavy atom. The maximum absolute atomic E-state index is 12.5. The number of nitrogens with zero attached hydrogens (tertiary/aromatic N) is 4. The Morgan fingerprint density at radius 2 is 2.30 bits per heavy atom. The molecular weight excluding hydrogens is 258 g/mol. The Bertz CT molecular complexity index is 480. The van der Waals surface area contributed by atoms with E-state index in [1.807, 2.05) is 19.0 Å². The molecule has 1 amide bonds. The van der Waals surface area contributed by atoms with Gasteiger partial charge in [0.05, 0.1) is 18.5 Å². The molecule has 1 saturated heterocycles. The van der Waals surface area contributed by atoms with Crippen LogP contribution in [0.5, 0.6) is 0 Å². The first-order valence-electron chi connectivity index (χ1n) is 6.64. The third-order valence-electron chi connectivity index (χ3n) is 3.34. The number of rotatable bonds is 4. The van der Waals surface area contributed by atoms with Crippen molar-refractivity contribution in [3.8, 4) is 0 Å². The molecule has 2 rings (SSSR count). The molecular formula is C13H21N5O2. The molecule has 0 spiro atoms. The van der Waals surface area contributed by atoms with Crippen LogP contribution in [0.1, 0.15) is 16.9 Å². The molecule has 1 aromatic rings. The largest absolute Gasteiger partial charge is 0.391 e. The highest BCUT2D eigenvalue weighted by Gasteiger charge is 2.35. The summed E-state index contributed by atoms with van der Waals surface area (Å²) in [6.45, 7) is 1.07. The monoisotopic (exact) mass is 279 g/mol. The van der Waals surface area contributed by atoms with Gasteiger partial charge in [0.2, 0.25) is 0 Å². The number of β-amino-alcohol motifs (C(OH)–C–C–N with tert-alkyl or cyclic N) is 1. The maximum Gasteiger partial charge on any atom is 0.274 e. The van der Waals surface area contributed by atoms with E-state index in [9.17, 15) is 9.90 Å². The van der Waals surface area contributed by atoms with Crippen molar-refractivity contribution in [2.24, 2.45) is 0 Å². The Kier molecular flexibility index (Phi) is 4.51. The molecule has 0 radical (unpaired) electrons. The van der Waals surface area contributed by atoms with E-state index in [4.69, 9.17) is 0 Å². The third kappa shape index (κ3) is 3.23. The van der Waals surface area contributed by atoms with Crippen molar-refractivity contribution in [3.05, 3.63) is 18.1 Å². The molecule has 1 aliphatic rings. The SMILES string of the molecule is CNc1cncc(C(=O)N2CC(O)CC2CN(C)C)n1. The first kappa shape index (κ1) is 14.7. The van der Waals surface area contributed by atoms with E-state index >= 15 is 0 Å². The Hall–Kier alpha value is -1.73. The lowest BCUT2D eigenvalue weighted by Gasteiger charge is -2.26. The second-order valence-corrected chi connectivity index (χ2v) is 5.30. The van der Waals surface area contributed by atoms with Crippen molar-refractivity contribution < 1.29 is 9.90 Å². The minimum Gasteiger partial charge on any atom is -0.391 e. The molecule has 2 atom stereocenters. The third-order valence-corrected chi connectivity index (χ3v) is 3.34. The van der Waals surface area contributed by atoms with Crippen LogP contribution in [0.3, 0.4) is 0 Å². The molecule has 0 aromatic carbocycles. The summed E-state index contributed by atoms with van der Waals surface area (Å²) in [7, 11) is 5.64. The molecule has 2 unspecified atom stereocenters. The maximum atomic E-state index is 12.5. The number of hydrogen-bond donors (Lipinski definition) is 2. The molecule has 20 heavy (non-hydrogen) atoms. The summed E-state index contributed by atoms with van der Waals surface area (Å²) < 4.78 is 0. The van der Waals surface area contributed by atoms with Crippen LogP contribution in [-0.4, -0.2) is 77.2 Å². The van der Waals surface area contributed by atoms with E-state index in [1.54, 1.807) is 18.1 Å². The number of amides is 1. The predicted octanol–water partition coefficient (Wildman–Crippen LogP) is -0.345. The average Bonchev–Trinajstić information content (AvgIpc) is 2.78. The first-order chi connectivity index (χ1) is 9.51. The lowest BCUT2D eigenvalue weighted by molar-refractivity contribution is 0.0693. The Morgan fingerprint density at radius 3 is 2.95 bits per heavy atom. The Labute approximate surface area is 118 Å². The average molecular weight is 279 g/mol. The Balaban J connectivity index is 2.17. The number of aliphatic hydroxyl groups excluding tert-OH is 1. The number of anilines is 1. The fourth-order valence-electron chi connectivity index (χ4n) is 2.47. The molecule has 7 heteroatoms. The van der Waals surface area contributed by atoms with Crippen molar-refractivity contribution in [1.29, 1.82) is 0 Å². The van der Waals surface area contributed by atoms with Crippen LogP contribution in [0.4, 0.5) is 5.82 Å². The van der Waals surface area contributed by atoms with Gasteiger partial charge < -0.3 is 20.2 Å². The van der Waals surface area contributed by atoms with Gasteiger partial charge in [-0.2, -0.15) is 0 Å². The molecule has 0 aliphatic carbocycles. The normalized spacial score (nSPS) is 22.4. The van der Waals surface area contributed by atoms with Gasteiger partial charge in [-0.05, 0) is 20.5 Å². The van der Waals surface area contributed by atoms with Crippen LogP contribution < -0.4 is 5.32 Å². The lowest BCUT2D eigenvalue weighted by Crippen LogP contribution is -2.41. The van der Waals surface area contributed by atoms with Gasteiger partial charge in [0.25, 0.3) is 5.91 Å². The number of aliphatic hydroxyl groups is 1. The molecule has 1 aromatic heterocycles. The number of nitrogens with one attached hydrogen (secondary N) is 1. The van der Waals surface area contributed by atoms with Gasteiger partial charge in [0, 0.05) is 26.2 Å². The van der Waals surface area contributed by atoms with Crippen molar-refractivity contribution >= 4 is 11.7 Å². The van der Waals surface area contributed by atoms with E-state index in [0.717, 1.165) is 6.54 Å². The number of carbonyl (C=O) groups is 1. The minimum absolute atomic E-state index is 0.00698. The van der Waals surface area contributed by atoms with Crippen LogP contribution >= 0.6 is 0 Å². The van der Waals surface area contributed by atoms with E-state index in [0.29, 0.717) is 24.5 Å². The predicted molar refractivity (Wildman–Crippen MR) is 75.6 cm³/mol. The summed E-state index contributed by atoms with van der Waals surface area (Å²) in [5.74, 6) is 0.373. The van der Waals surface area contributed by atoms with Crippen molar-refractivity contribution in [3.63, 3.8) is 0 Å². The van der Waals surface area contributed by atoms with Gasteiger partial charge in [-0.3, -0.25) is 9.78 Å². The number of carbonyl (C=O) groups excluding carboxylic acids is 1. The quantitative estimate of drug-likeness (QED) is 0.784. The first-order valence-corrected chi connectivity index (χ1v) is 6.64. The van der Waals surface area contributed by atoms with Gasteiger partial charge in [-0.15, -0.1) is 0 Å². The highest BCUT2D eigenvalue weighted by atomic mass is 16.3. The summed E-state index contributed by atoms with van der Waals surface area (Å²) in [5, 5.41) is 12.7. The zero-order valence-electron chi connectivity index (χ0n) is 12.1. The summed E-state index contributed by atoms with van der Waals surface area (Å²) in [5.41, 5.74) is 0.301. The minimum atomic E-state index is -0.468. The highest BCUT2D eigenvalue weighted by Crippen LogP contribution is 2.20. The number of hydrogen-bond acceptors (Lipinski definition) is 6. The summed E-state index contributed by atoms with van der Waals surface area (Å²) in [6, 6.07) is 0.00698. The van der Waals surface area contributed by atoms with Gasteiger partial charge in [-0.1, -0.05) is 0 Å². The van der Waals surface area contributed by atoms with Crippen LogP contribution in [-0.2, 0) is 0 Å². The van der Waals surface area contributed by atoms with E-state index in [-0.39, 0.29) is 11.9 Å². The van der Waals surface area contributed by atoms with Gasteiger partial charge in [0.15, 0.2) is 0 Å². The summed E-state index contributed by atoms with van der Waals surface area (Å²) in [4.78, 5) is 24.4. The van der Waals surface area contributed by atoms with E-state index < -0.39 is 6.10 Å². The highest BCUT2D eigenvalue weighted by molar-refractivity contribution is 5.92. The standard InChI is InChI=1S/C13H21N5O2/c1-14-12-6-15-5-11(16-12)13(20)18-8-10(19)4-9(18)7-17(2)3/h5-6,9-10,19H,4,7-8H2,1-3H3,(H,14,16). The lowest BCUT2D eigenvalue weighted by atomic mass is 10.2. The smallest absolute Gasteiger partial charge is 0.274 e. The number of aromatic nitrogens is 2. The van der Waals surface area contributed by atoms with E-state index in [1.165, 1.54) is 6.20 Å². The zero-order chi connectivity index (χ0) is 14.7. The molecule has 2 N–H and O–H groups in total. The van der Waals surface area contributed by atoms with Crippen molar-refractivity contribution in [1.82, 2.24) is 19.8 Å². The fraction of sp³-hybridized carbons (Fsp3) is 0.615. The van der Waals surface area contributed by atoms with Crippen LogP contribution in [0.25, 0.3) is 0 Å². The van der Waals surface area contributed by atoms with Gasteiger partial charge in [-0.25, -0.2) is 4.98 Å². The number of likely N-dealkylation sites (tertiary alicyclic amines) is 1. The van der Waals surface area contributed by atoms with Gasteiger partial charge in [0.1, 0.15) is 11.5 Å². The van der Waals surface area contributed by atoms with Crippen molar-refractivity contribution in [2.75, 3.05) is 39.5 Å². The molecule has 110 valence electrons.